The van der Waals surface area contributed by atoms with Crippen molar-refractivity contribution >= 4 is 28.8 Å². The first-order valence-electron chi connectivity index (χ1n) is 6.81. The highest BCUT2D eigenvalue weighted by atomic mass is 32.1. The number of thiophene rings is 1. The Hall–Kier alpha value is -2.55. The third kappa shape index (κ3) is 5.92. The van der Waals surface area contributed by atoms with Crippen LogP contribution >= 0.6 is 11.3 Å². The van der Waals surface area contributed by atoms with E-state index in [0.29, 0.717) is 10.6 Å². The molecular formula is C15H13F3N2O3S. The number of anilines is 1. The number of hydrogen-bond acceptors (Lipinski definition) is 4. The summed E-state index contributed by atoms with van der Waals surface area (Å²) < 4.78 is 39.8. The van der Waals surface area contributed by atoms with E-state index in [4.69, 9.17) is 0 Å². The van der Waals surface area contributed by atoms with Crippen molar-refractivity contribution in [3.63, 3.8) is 0 Å². The van der Waals surface area contributed by atoms with Crippen LogP contribution < -0.4 is 15.4 Å². The van der Waals surface area contributed by atoms with Gasteiger partial charge in [0.15, 0.2) is 0 Å². The summed E-state index contributed by atoms with van der Waals surface area (Å²) in [6.45, 7) is 0.151. The lowest BCUT2D eigenvalue weighted by molar-refractivity contribution is -0.274. The lowest BCUT2D eigenvalue weighted by atomic mass is 10.3. The SMILES string of the molecule is O=C(CCNC(=O)c1cccs1)Nc1ccc(OC(F)(F)F)cc1. The molecule has 0 aliphatic heterocycles. The van der Waals surface area contributed by atoms with E-state index in [1.54, 1.807) is 17.5 Å². The van der Waals surface area contributed by atoms with Gasteiger partial charge in [0, 0.05) is 18.7 Å². The summed E-state index contributed by atoms with van der Waals surface area (Å²) in [5.41, 5.74) is 0.333. The summed E-state index contributed by atoms with van der Waals surface area (Å²) in [5, 5.41) is 6.89. The van der Waals surface area contributed by atoms with Crippen LogP contribution in [0.3, 0.4) is 0 Å². The van der Waals surface area contributed by atoms with E-state index in [-0.39, 0.29) is 30.5 Å². The summed E-state index contributed by atoms with van der Waals surface area (Å²) in [4.78, 5) is 23.9. The molecule has 9 heteroatoms. The second-order valence-electron chi connectivity index (χ2n) is 4.60. The van der Waals surface area contributed by atoms with Crippen molar-refractivity contribution < 1.29 is 27.5 Å². The van der Waals surface area contributed by atoms with E-state index in [0.717, 1.165) is 12.1 Å². The van der Waals surface area contributed by atoms with Crippen LogP contribution in [0.5, 0.6) is 5.75 Å². The first-order chi connectivity index (χ1) is 11.3. The average molecular weight is 358 g/mol. The number of benzene rings is 1. The maximum Gasteiger partial charge on any atom is 0.573 e. The number of amides is 2. The number of hydrogen-bond donors (Lipinski definition) is 2. The Kier molecular flexibility index (Phi) is 5.80. The van der Waals surface area contributed by atoms with Crippen molar-refractivity contribution in [2.75, 3.05) is 11.9 Å². The second kappa shape index (κ2) is 7.82. The maximum absolute atomic E-state index is 12.0. The number of carbonyl (C=O) groups is 2. The van der Waals surface area contributed by atoms with Gasteiger partial charge in [-0.2, -0.15) is 0 Å². The molecule has 2 rings (SSSR count). The zero-order chi connectivity index (χ0) is 17.6. The highest BCUT2D eigenvalue weighted by molar-refractivity contribution is 7.12. The number of rotatable bonds is 6. The molecule has 0 bridgehead atoms. The summed E-state index contributed by atoms with van der Waals surface area (Å²) in [6, 6.07) is 8.21. The standard InChI is InChI=1S/C15H13F3N2O3S/c16-15(17,18)23-11-5-3-10(4-6-11)20-13(21)7-8-19-14(22)12-2-1-9-24-12/h1-6,9H,7-8H2,(H,19,22)(H,20,21). The van der Waals surface area contributed by atoms with Crippen LogP contribution in [0.1, 0.15) is 16.1 Å². The van der Waals surface area contributed by atoms with E-state index in [2.05, 4.69) is 15.4 Å². The molecule has 0 radical (unpaired) electrons. The second-order valence-corrected chi connectivity index (χ2v) is 5.55. The van der Waals surface area contributed by atoms with Gasteiger partial charge in [-0.05, 0) is 35.7 Å². The smallest absolute Gasteiger partial charge is 0.406 e. The molecule has 0 fully saturated rings. The summed E-state index contributed by atoms with van der Waals surface area (Å²) >= 11 is 1.29. The monoisotopic (exact) mass is 358 g/mol. The van der Waals surface area contributed by atoms with Gasteiger partial charge in [0.05, 0.1) is 4.88 Å². The van der Waals surface area contributed by atoms with Crippen LogP contribution in [0.2, 0.25) is 0 Å². The van der Waals surface area contributed by atoms with Gasteiger partial charge in [-0.15, -0.1) is 24.5 Å². The van der Waals surface area contributed by atoms with Crippen molar-refractivity contribution in [2.45, 2.75) is 12.8 Å². The molecule has 2 amide bonds. The molecule has 24 heavy (non-hydrogen) atoms. The molecule has 5 nitrogen and oxygen atoms in total. The predicted molar refractivity (Wildman–Crippen MR) is 83.0 cm³/mol. The Morgan fingerprint density at radius 3 is 2.42 bits per heavy atom. The largest absolute Gasteiger partial charge is 0.573 e. The Bertz CT molecular complexity index is 685. The van der Waals surface area contributed by atoms with Crippen molar-refractivity contribution in [1.82, 2.24) is 5.32 Å². The Labute approximate surface area is 139 Å². The van der Waals surface area contributed by atoms with Gasteiger partial charge in [-0.25, -0.2) is 0 Å². The van der Waals surface area contributed by atoms with Gasteiger partial charge in [0.2, 0.25) is 5.91 Å². The number of alkyl halides is 3. The molecule has 0 saturated heterocycles. The first-order valence-corrected chi connectivity index (χ1v) is 7.69. The molecular weight excluding hydrogens is 345 g/mol. The van der Waals surface area contributed by atoms with Crippen LogP contribution in [0.25, 0.3) is 0 Å². The van der Waals surface area contributed by atoms with Gasteiger partial charge in [0.1, 0.15) is 5.75 Å². The third-order valence-corrected chi connectivity index (χ3v) is 3.62. The number of nitrogens with one attached hydrogen (secondary N) is 2. The van der Waals surface area contributed by atoms with E-state index in [9.17, 15) is 22.8 Å². The molecule has 128 valence electrons. The molecule has 0 aliphatic rings. The fraction of sp³-hybridized carbons (Fsp3) is 0.200. The molecule has 2 N–H and O–H groups in total. The van der Waals surface area contributed by atoms with E-state index in [1.807, 2.05) is 0 Å². The van der Waals surface area contributed by atoms with Crippen molar-refractivity contribution in [3.05, 3.63) is 46.7 Å². The van der Waals surface area contributed by atoms with Gasteiger partial charge in [0.25, 0.3) is 5.91 Å². The van der Waals surface area contributed by atoms with Gasteiger partial charge in [-0.1, -0.05) is 6.07 Å². The zero-order valence-corrected chi connectivity index (χ0v) is 13.0. The Morgan fingerprint density at radius 1 is 1.12 bits per heavy atom. The minimum atomic E-state index is -4.76. The lowest BCUT2D eigenvalue weighted by Gasteiger charge is -2.10. The van der Waals surface area contributed by atoms with E-state index >= 15 is 0 Å². The number of halogens is 3. The topological polar surface area (TPSA) is 67.4 Å². The molecule has 0 aliphatic carbocycles. The van der Waals surface area contributed by atoms with Crippen LogP contribution in [-0.2, 0) is 4.79 Å². The summed E-state index contributed by atoms with van der Waals surface area (Å²) in [6.07, 6.45) is -4.72. The maximum atomic E-state index is 12.0. The minimum Gasteiger partial charge on any atom is -0.406 e. The lowest BCUT2D eigenvalue weighted by Crippen LogP contribution is -2.27. The summed E-state index contributed by atoms with van der Waals surface area (Å²) in [7, 11) is 0. The average Bonchev–Trinajstić information content (AvgIpc) is 3.02. The minimum absolute atomic E-state index is 0.0396. The van der Waals surface area contributed by atoms with Gasteiger partial charge < -0.3 is 15.4 Å². The molecule has 1 aromatic carbocycles. The highest BCUT2D eigenvalue weighted by Gasteiger charge is 2.30. The molecule has 0 atom stereocenters. The molecule has 1 heterocycles. The van der Waals surface area contributed by atoms with Gasteiger partial charge in [-0.3, -0.25) is 9.59 Å². The van der Waals surface area contributed by atoms with E-state index < -0.39 is 6.36 Å². The number of carbonyl (C=O) groups excluding carboxylic acids is 2. The predicted octanol–water partition coefficient (Wildman–Crippen LogP) is 3.41. The fourth-order valence-electron chi connectivity index (χ4n) is 1.75. The van der Waals surface area contributed by atoms with Crippen LogP contribution in [0, 0.1) is 0 Å². The van der Waals surface area contributed by atoms with Gasteiger partial charge >= 0.3 is 6.36 Å². The third-order valence-electron chi connectivity index (χ3n) is 2.75. The van der Waals surface area contributed by atoms with Crippen LogP contribution in [0.4, 0.5) is 18.9 Å². The van der Waals surface area contributed by atoms with Crippen molar-refractivity contribution in [2.24, 2.45) is 0 Å². The van der Waals surface area contributed by atoms with Crippen LogP contribution in [0.15, 0.2) is 41.8 Å². The Morgan fingerprint density at radius 2 is 1.83 bits per heavy atom. The summed E-state index contributed by atoms with van der Waals surface area (Å²) in [5.74, 6) is -0.999. The normalized spacial score (nSPS) is 11.0. The van der Waals surface area contributed by atoms with E-state index in [1.165, 1.54) is 23.5 Å². The van der Waals surface area contributed by atoms with Crippen molar-refractivity contribution in [1.29, 1.82) is 0 Å². The zero-order valence-electron chi connectivity index (χ0n) is 12.2. The van der Waals surface area contributed by atoms with Crippen molar-refractivity contribution in [3.8, 4) is 5.75 Å². The molecule has 1 aromatic heterocycles. The first kappa shape index (κ1) is 17.8. The number of ether oxygens (including phenoxy) is 1. The molecule has 0 saturated carbocycles. The van der Waals surface area contributed by atoms with Crippen LogP contribution in [-0.4, -0.2) is 24.7 Å². The molecule has 0 unspecified atom stereocenters. The fourth-order valence-corrected chi connectivity index (χ4v) is 2.39. The Balaban J connectivity index is 1.75. The molecule has 0 spiro atoms. The molecule has 2 aromatic rings. The highest BCUT2D eigenvalue weighted by Crippen LogP contribution is 2.23. The quantitative estimate of drug-likeness (QED) is 0.832.